The summed E-state index contributed by atoms with van der Waals surface area (Å²) in [6.45, 7) is 2.99. The van der Waals surface area contributed by atoms with Gasteiger partial charge in [0.05, 0.1) is 21.9 Å². The predicted molar refractivity (Wildman–Crippen MR) is 86.1 cm³/mol. The lowest BCUT2D eigenvalue weighted by Crippen LogP contribution is -2.47. The lowest BCUT2D eigenvalue weighted by atomic mass is 10.0. The molecule has 1 aliphatic rings. The van der Waals surface area contributed by atoms with Crippen molar-refractivity contribution in [3.8, 4) is 0 Å². The van der Waals surface area contributed by atoms with Gasteiger partial charge in [0.2, 0.25) is 10.0 Å². The molecule has 0 aromatic heterocycles. The van der Waals surface area contributed by atoms with Crippen molar-refractivity contribution < 1.29 is 13.3 Å². The van der Waals surface area contributed by atoms with E-state index in [-0.39, 0.29) is 11.7 Å². The summed E-state index contributed by atoms with van der Waals surface area (Å²) in [6, 6.07) is 2.63. The minimum Gasteiger partial charge on any atom is -0.369 e. The highest BCUT2D eigenvalue weighted by Gasteiger charge is 2.26. The second-order valence-electron chi connectivity index (χ2n) is 5.53. The highest BCUT2D eigenvalue weighted by atomic mass is 35.5. The van der Waals surface area contributed by atoms with Crippen LogP contribution in [0.15, 0.2) is 12.1 Å². The molecule has 1 unspecified atom stereocenters. The SMILES string of the molecule is Cc1cc([N+](=O)[O-])cc(Cl)c1N1CCCC(NS(C)(=O)=O)C1. The molecular formula is C13H18ClN3O4S. The van der Waals surface area contributed by atoms with Crippen LogP contribution < -0.4 is 9.62 Å². The number of nitrogens with zero attached hydrogens (tertiary/aromatic N) is 2. The van der Waals surface area contributed by atoms with E-state index < -0.39 is 14.9 Å². The van der Waals surface area contributed by atoms with E-state index in [9.17, 15) is 18.5 Å². The molecule has 7 nitrogen and oxygen atoms in total. The fourth-order valence-electron chi connectivity index (χ4n) is 2.80. The number of nitrogens with one attached hydrogen (secondary N) is 1. The van der Waals surface area contributed by atoms with E-state index in [1.807, 2.05) is 4.90 Å². The number of piperidine rings is 1. The van der Waals surface area contributed by atoms with E-state index in [1.165, 1.54) is 12.1 Å². The van der Waals surface area contributed by atoms with Crippen molar-refractivity contribution in [2.75, 3.05) is 24.2 Å². The Morgan fingerprint density at radius 1 is 1.45 bits per heavy atom. The molecule has 0 bridgehead atoms. The van der Waals surface area contributed by atoms with Crippen LogP contribution in [-0.2, 0) is 10.0 Å². The number of halogens is 1. The lowest BCUT2D eigenvalue weighted by Gasteiger charge is -2.35. The van der Waals surface area contributed by atoms with E-state index in [0.29, 0.717) is 17.1 Å². The average Bonchev–Trinajstić information content (AvgIpc) is 2.36. The third kappa shape index (κ3) is 4.08. The normalized spacial score (nSPS) is 19.2. The van der Waals surface area contributed by atoms with E-state index in [0.717, 1.165) is 31.3 Å². The summed E-state index contributed by atoms with van der Waals surface area (Å²) < 4.78 is 25.3. The van der Waals surface area contributed by atoms with Gasteiger partial charge in [0.15, 0.2) is 0 Å². The highest BCUT2D eigenvalue weighted by molar-refractivity contribution is 7.88. The molecule has 2 rings (SSSR count). The van der Waals surface area contributed by atoms with Crippen LogP contribution in [0.25, 0.3) is 0 Å². The first kappa shape index (κ1) is 17.0. The second kappa shape index (κ2) is 6.39. The van der Waals surface area contributed by atoms with Crippen molar-refractivity contribution in [2.24, 2.45) is 0 Å². The minimum absolute atomic E-state index is 0.0472. The molecular weight excluding hydrogens is 330 g/mol. The monoisotopic (exact) mass is 347 g/mol. The second-order valence-corrected chi connectivity index (χ2v) is 7.71. The van der Waals surface area contributed by atoms with Crippen LogP contribution in [0.4, 0.5) is 11.4 Å². The molecule has 0 spiro atoms. The number of aryl methyl sites for hydroxylation is 1. The molecule has 1 heterocycles. The highest BCUT2D eigenvalue weighted by Crippen LogP contribution is 2.35. The van der Waals surface area contributed by atoms with Crippen molar-refractivity contribution >= 4 is 33.0 Å². The summed E-state index contributed by atoms with van der Waals surface area (Å²) in [7, 11) is -3.27. The van der Waals surface area contributed by atoms with Crippen LogP contribution in [0.1, 0.15) is 18.4 Å². The van der Waals surface area contributed by atoms with Crippen molar-refractivity contribution in [1.82, 2.24) is 4.72 Å². The Hall–Kier alpha value is -1.38. The van der Waals surface area contributed by atoms with Gasteiger partial charge in [-0.15, -0.1) is 0 Å². The van der Waals surface area contributed by atoms with E-state index in [1.54, 1.807) is 6.92 Å². The Morgan fingerprint density at radius 2 is 2.14 bits per heavy atom. The molecule has 1 fully saturated rings. The smallest absolute Gasteiger partial charge is 0.271 e. The number of hydrogen-bond acceptors (Lipinski definition) is 5. The fourth-order valence-corrected chi connectivity index (χ4v) is 3.98. The number of hydrogen-bond donors (Lipinski definition) is 1. The standard InChI is InChI=1S/C13H18ClN3O4S/c1-9-6-11(17(18)19)7-12(14)13(9)16-5-3-4-10(8-16)15-22(2,20)21/h6-7,10,15H,3-5,8H2,1-2H3. The zero-order valence-corrected chi connectivity index (χ0v) is 13.9. The van der Waals surface area contributed by atoms with Gasteiger partial charge in [-0.1, -0.05) is 11.6 Å². The molecule has 1 aromatic carbocycles. The quantitative estimate of drug-likeness (QED) is 0.665. The number of rotatable bonds is 4. The lowest BCUT2D eigenvalue weighted by molar-refractivity contribution is -0.384. The first-order valence-corrected chi connectivity index (χ1v) is 9.11. The summed E-state index contributed by atoms with van der Waals surface area (Å²) in [5, 5.41) is 11.2. The zero-order chi connectivity index (χ0) is 16.5. The van der Waals surface area contributed by atoms with Gasteiger partial charge < -0.3 is 4.90 Å². The number of nitro benzene ring substituents is 1. The van der Waals surface area contributed by atoms with Crippen LogP contribution in [0.5, 0.6) is 0 Å². The summed E-state index contributed by atoms with van der Waals surface area (Å²) in [6.07, 6.45) is 2.71. The maximum atomic E-state index is 11.4. The van der Waals surface area contributed by atoms with Crippen LogP contribution in [0.3, 0.4) is 0 Å². The molecule has 0 saturated carbocycles. The van der Waals surface area contributed by atoms with Crippen LogP contribution in [-0.4, -0.2) is 38.7 Å². The van der Waals surface area contributed by atoms with Gasteiger partial charge in [0, 0.05) is 31.3 Å². The Kier molecular flexibility index (Phi) is 4.93. The van der Waals surface area contributed by atoms with Gasteiger partial charge >= 0.3 is 0 Å². The number of anilines is 1. The molecule has 1 aliphatic heterocycles. The molecule has 1 atom stereocenters. The Labute approximate surface area is 134 Å². The summed E-state index contributed by atoms with van der Waals surface area (Å²) in [4.78, 5) is 12.4. The Balaban J connectivity index is 2.26. The van der Waals surface area contributed by atoms with Gasteiger partial charge in [-0.05, 0) is 25.3 Å². The van der Waals surface area contributed by atoms with Crippen molar-refractivity contribution in [1.29, 1.82) is 0 Å². The molecule has 122 valence electrons. The fraction of sp³-hybridized carbons (Fsp3) is 0.538. The minimum atomic E-state index is -3.27. The Morgan fingerprint density at radius 3 is 2.68 bits per heavy atom. The van der Waals surface area contributed by atoms with E-state index >= 15 is 0 Å². The van der Waals surface area contributed by atoms with Crippen LogP contribution >= 0.6 is 11.6 Å². The van der Waals surface area contributed by atoms with Gasteiger partial charge in [-0.3, -0.25) is 10.1 Å². The third-order valence-corrected chi connectivity index (χ3v) is 4.62. The molecule has 0 aliphatic carbocycles. The van der Waals surface area contributed by atoms with E-state index in [4.69, 9.17) is 11.6 Å². The van der Waals surface area contributed by atoms with Gasteiger partial charge in [0.25, 0.3) is 5.69 Å². The molecule has 1 aromatic rings. The average molecular weight is 348 g/mol. The molecule has 22 heavy (non-hydrogen) atoms. The predicted octanol–water partition coefficient (Wildman–Crippen LogP) is 2.07. The molecule has 9 heteroatoms. The maximum Gasteiger partial charge on any atom is 0.271 e. The van der Waals surface area contributed by atoms with Crippen molar-refractivity contribution in [3.63, 3.8) is 0 Å². The third-order valence-electron chi connectivity index (χ3n) is 3.57. The Bertz CT molecular complexity index is 670. The van der Waals surface area contributed by atoms with Crippen molar-refractivity contribution in [2.45, 2.75) is 25.8 Å². The number of benzene rings is 1. The maximum absolute atomic E-state index is 11.4. The summed E-state index contributed by atoms with van der Waals surface area (Å²) >= 11 is 6.21. The van der Waals surface area contributed by atoms with Gasteiger partial charge in [-0.25, -0.2) is 13.1 Å². The number of sulfonamides is 1. The first-order chi connectivity index (χ1) is 10.2. The van der Waals surface area contributed by atoms with Gasteiger partial charge in [-0.2, -0.15) is 0 Å². The molecule has 0 radical (unpaired) electrons. The number of non-ortho nitro benzene ring substituents is 1. The molecule has 0 amide bonds. The van der Waals surface area contributed by atoms with Crippen LogP contribution in [0, 0.1) is 17.0 Å². The topological polar surface area (TPSA) is 92.6 Å². The molecule has 1 N–H and O–H groups in total. The zero-order valence-electron chi connectivity index (χ0n) is 12.4. The van der Waals surface area contributed by atoms with Crippen molar-refractivity contribution in [3.05, 3.63) is 32.8 Å². The largest absolute Gasteiger partial charge is 0.369 e. The van der Waals surface area contributed by atoms with Gasteiger partial charge in [0.1, 0.15) is 0 Å². The summed E-state index contributed by atoms with van der Waals surface area (Å²) in [5.41, 5.74) is 1.39. The van der Waals surface area contributed by atoms with Crippen LogP contribution in [0.2, 0.25) is 5.02 Å². The molecule has 1 saturated heterocycles. The number of nitro groups is 1. The summed E-state index contributed by atoms with van der Waals surface area (Å²) in [5.74, 6) is 0. The van der Waals surface area contributed by atoms with E-state index in [2.05, 4.69) is 4.72 Å². The first-order valence-electron chi connectivity index (χ1n) is 6.84.